The summed E-state index contributed by atoms with van der Waals surface area (Å²) in [6.07, 6.45) is 0.865. The van der Waals surface area contributed by atoms with Gasteiger partial charge in [0.25, 0.3) is 0 Å². The van der Waals surface area contributed by atoms with E-state index in [4.69, 9.17) is 4.74 Å². The Balaban J connectivity index is 2.73. The van der Waals surface area contributed by atoms with Crippen LogP contribution in [0.1, 0.15) is 9.67 Å². The number of ether oxygens (including phenoxy) is 1. The molecule has 0 aliphatic rings. The molecule has 1 aromatic heterocycles. The van der Waals surface area contributed by atoms with Gasteiger partial charge in [0, 0.05) is 14.6 Å². The van der Waals surface area contributed by atoms with Crippen LogP contribution in [0.25, 0.3) is 10.1 Å². The summed E-state index contributed by atoms with van der Waals surface area (Å²) in [6, 6.07) is 5.69. The molecule has 0 atom stereocenters. The van der Waals surface area contributed by atoms with Gasteiger partial charge >= 0.3 is 0 Å². The van der Waals surface area contributed by atoms with Crippen molar-refractivity contribution in [3.05, 3.63) is 27.5 Å². The van der Waals surface area contributed by atoms with Gasteiger partial charge in [-0.05, 0) is 34.1 Å². The average molecular weight is 271 g/mol. The van der Waals surface area contributed by atoms with Crippen molar-refractivity contribution in [2.24, 2.45) is 0 Å². The molecular weight excluding hydrogens is 264 g/mol. The molecular formula is C10H7BrO2S. The molecule has 72 valence electrons. The predicted molar refractivity (Wildman–Crippen MR) is 61.5 cm³/mol. The van der Waals surface area contributed by atoms with Crippen molar-refractivity contribution in [1.82, 2.24) is 0 Å². The van der Waals surface area contributed by atoms with Gasteiger partial charge in [-0.25, -0.2) is 0 Å². The Morgan fingerprint density at radius 1 is 1.43 bits per heavy atom. The smallest absolute Gasteiger partial charge is 0.160 e. The van der Waals surface area contributed by atoms with E-state index in [0.29, 0.717) is 0 Å². The van der Waals surface area contributed by atoms with E-state index >= 15 is 0 Å². The van der Waals surface area contributed by atoms with Crippen LogP contribution in [0.5, 0.6) is 5.75 Å². The Labute approximate surface area is 93.6 Å². The molecule has 0 bridgehead atoms. The molecule has 4 heteroatoms. The van der Waals surface area contributed by atoms with Crippen LogP contribution in [0.4, 0.5) is 0 Å². The molecule has 0 saturated heterocycles. The van der Waals surface area contributed by atoms with Gasteiger partial charge in [-0.3, -0.25) is 4.79 Å². The van der Waals surface area contributed by atoms with Gasteiger partial charge in [-0.15, -0.1) is 11.3 Å². The third kappa shape index (κ3) is 1.55. The van der Waals surface area contributed by atoms with Crippen molar-refractivity contribution in [1.29, 1.82) is 0 Å². The Morgan fingerprint density at radius 2 is 2.21 bits per heavy atom. The lowest BCUT2D eigenvalue weighted by Crippen LogP contribution is -1.81. The number of halogens is 1. The number of rotatable bonds is 2. The van der Waals surface area contributed by atoms with Crippen molar-refractivity contribution in [2.45, 2.75) is 0 Å². The molecule has 1 heterocycles. The maximum absolute atomic E-state index is 10.6. The second-order valence-corrected chi connectivity index (χ2v) is 4.76. The van der Waals surface area contributed by atoms with Gasteiger partial charge in [0.15, 0.2) is 6.29 Å². The number of aldehydes is 1. The molecule has 0 amide bonds. The molecule has 0 spiro atoms. The van der Waals surface area contributed by atoms with Crippen molar-refractivity contribution >= 4 is 43.6 Å². The van der Waals surface area contributed by atoms with Crippen LogP contribution >= 0.6 is 27.3 Å². The number of carbonyl (C=O) groups is 1. The zero-order valence-electron chi connectivity index (χ0n) is 7.41. The minimum atomic E-state index is 0.731. The summed E-state index contributed by atoms with van der Waals surface area (Å²) in [4.78, 5) is 11.3. The molecule has 0 N–H and O–H groups in total. The first-order valence-electron chi connectivity index (χ1n) is 3.97. The van der Waals surface area contributed by atoms with Crippen molar-refractivity contribution in [3.63, 3.8) is 0 Å². The monoisotopic (exact) mass is 270 g/mol. The Kier molecular flexibility index (Phi) is 2.56. The lowest BCUT2D eigenvalue weighted by atomic mass is 10.2. The van der Waals surface area contributed by atoms with Crippen LogP contribution < -0.4 is 4.74 Å². The fourth-order valence-electron chi connectivity index (χ4n) is 1.27. The largest absolute Gasteiger partial charge is 0.497 e. The molecule has 0 saturated carbocycles. The third-order valence-corrected chi connectivity index (χ3v) is 3.59. The van der Waals surface area contributed by atoms with E-state index < -0.39 is 0 Å². The van der Waals surface area contributed by atoms with Crippen LogP contribution in [0.2, 0.25) is 0 Å². The summed E-state index contributed by atoms with van der Waals surface area (Å²) >= 11 is 4.90. The topological polar surface area (TPSA) is 26.3 Å². The van der Waals surface area contributed by atoms with E-state index in [1.807, 2.05) is 18.2 Å². The maximum atomic E-state index is 10.6. The van der Waals surface area contributed by atoms with Crippen LogP contribution in [-0.2, 0) is 0 Å². The molecule has 0 fully saturated rings. The molecule has 0 aliphatic carbocycles. The van der Waals surface area contributed by atoms with Crippen LogP contribution in [0, 0.1) is 0 Å². The fourth-order valence-corrected chi connectivity index (χ4v) is 2.89. The van der Waals surface area contributed by atoms with E-state index in [2.05, 4.69) is 15.9 Å². The maximum Gasteiger partial charge on any atom is 0.160 e. The number of hydrogen-bond donors (Lipinski definition) is 0. The summed E-state index contributed by atoms with van der Waals surface area (Å²) < 4.78 is 7.14. The molecule has 1 aromatic carbocycles. The minimum absolute atomic E-state index is 0.731. The van der Waals surface area contributed by atoms with Gasteiger partial charge in [0.2, 0.25) is 0 Å². The highest BCUT2D eigenvalue weighted by Crippen LogP contribution is 2.34. The molecule has 14 heavy (non-hydrogen) atoms. The van der Waals surface area contributed by atoms with Crippen molar-refractivity contribution in [3.8, 4) is 5.75 Å². The highest BCUT2D eigenvalue weighted by molar-refractivity contribution is 9.10. The second kappa shape index (κ2) is 3.71. The first kappa shape index (κ1) is 9.68. The van der Waals surface area contributed by atoms with E-state index in [0.717, 1.165) is 31.5 Å². The Hall–Kier alpha value is -0.870. The van der Waals surface area contributed by atoms with Gasteiger partial charge < -0.3 is 4.74 Å². The van der Waals surface area contributed by atoms with E-state index in [1.54, 1.807) is 7.11 Å². The second-order valence-electron chi connectivity index (χ2n) is 2.79. The van der Waals surface area contributed by atoms with Crippen molar-refractivity contribution < 1.29 is 9.53 Å². The molecule has 2 rings (SSSR count). The lowest BCUT2D eigenvalue weighted by molar-refractivity contribution is 0.112. The first-order valence-corrected chi connectivity index (χ1v) is 5.58. The summed E-state index contributed by atoms with van der Waals surface area (Å²) in [5.74, 6) is 0.795. The van der Waals surface area contributed by atoms with Crippen LogP contribution in [0.15, 0.2) is 22.7 Å². The van der Waals surface area contributed by atoms with Crippen LogP contribution in [0.3, 0.4) is 0 Å². The summed E-state index contributed by atoms with van der Waals surface area (Å²) in [5.41, 5.74) is 0. The fraction of sp³-hybridized carbons (Fsp3) is 0.100. The molecule has 2 aromatic rings. The summed E-state index contributed by atoms with van der Waals surface area (Å²) in [6.45, 7) is 0. The molecule has 0 unspecified atom stereocenters. The lowest BCUT2D eigenvalue weighted by Gasteiger charge is -2.00. The molecule has 0 aliphatic heterocycles. The van der Waals surface area contributed by atoms with Crippen molar-refractivity contribution in [2.75, 3.05) is 7.11 Å². The SMILES string of the molecule is COc1cc(Br)c2cc(C=O)sc2c1. The van der Waals surface area contributed by atoms with E-state index in [9.17, 15) is 4.79 Å². The number of carbonyl (C=O) groups excluding carboxylic acids is 1. The Bertz CT molecular complexity index is 490. The third-order valence-electron chi connectivity index (χ3n) is 1.93. The highest BCUT2D eigenvalue weighted by atomic mass is 79.9. The van der Waals surface area contributed by atoms with E-state index in [1.165, 1.54) is 11.3 Å². The van der Waals surface area contributed by atoms with Gasteiger partial charge in [0.05, 0.1) is 12.0 Å². The van der Waals surface area contributed by atoms with Gasteiger partial charge in [-0.2, -0.15) is 0 Å². The number of hydrogen-bond acceptors (Lipinski definition) is 3. The van der Waals surface area contributed by atoms with Gasteiger partial charge in [-0.1, -0.05) is 0 Å². The minimum Gasteiger partial charge on any atom is -0.497 e. The number of methoxy groups -OCH3 is 1. The molecule has 2 nitrogen and oxygen atoms in total. The zero-order chi connectivity index (χ0) is 10.1. The zero-order valence-corrected chi connectivity index (χ0v) is 9.81. The molecule has 0 radical (unpaired) electrons. The van der Waals surface area contributed by atoms with Crippen LogP contribution in [-0.4, -0.2) is 13.4 Å². The first-order chi connectivity index (χ1) is 6.74. The standard InChI is InChI=1S/C10H7BrO2S/c1-13-6-2-9(11)8-4-7(5-12)14-10(8)3-6/h2-5H,1H3. The van der Waals surface area contributed by atoms with Gasteiger partial charge in [0.1, 0.15) is 5.75 Å². The summed E-state index contributed by atoms with van der Waals surface area (Å²) in [7, 11) is 1.63. The quantitative estimate of drug-likeness (QED) is 0.781. The average Bonchev–Trinajstić information content (AvgIpc) is 2.61. The number of fused-ring (bicyclic) bond motifs is 1. The normalized spacial score (nSPS) is 10.4. The number of benzene rings is 1. The summed E-state index contributed by atoms with van der Waals surface area (Å²) in [5, 5.41) is 1.05. The Morgan fingerprint density at radius 3 is 2.86 bits per heavy atom. The van der Waals surface area contributed by atoms with E-state index in [-0.39, 0.29) is 0 Å². The highest BCUT2D eigenvalue weighted by Gasteiger charge is 2.06. The number of thiophene rings is 1. The predicted octanol–water partition coefficient (Wildman–Crippen LogP) is 3.48.